The average Bonchev–Trinajstić information content (AvgIpc) is 2.73. The normalized spacial score (nSPS) is 10.5. The van der Waals surface area contributed by atoms with Crippen molar-refractivity contribution in [2.75, 3.05) is 7.11 Å². The molecule has 1 aromatic carbocycles. The number of nitrogens with zero attached hydrogens (tertiary/aromatic N) is 1. The number of aromatic nitrogens is 1. The molecule has 1 aromatic heterocycles. The molecule has 100 valence electrons. The van der Waals surface area contributed by atoms with Crippen LogP contribution in [0.3, 0.4) is 0 Å². The first kappa shape index (κ1) is 13.2. The standard InChI is InChI=1S/C15H17NO3/c1-9-8-14(19-4)10(2)7-11(9)12-5-6-13(15(17)18)16(12)3/h5-8H,1-4H3,(H,17,18). The van der Waals surface area contributed by atoms with Gasteiger partial charge in [0.25, 0.3) is 0 Å². The summed E-state index contributed by atoms with van der Waals surface area (Å²) in [6, 6.07) is 7.45. The first-order valence-electron chi connectivity index (χ1n) is 6.00. The zero-order valence-corrected chi connectivity index (χ0v) is 11.5. The van der Waals surface area contributed by atoms with Gasteiger partial charge in [0, 0.05) is 18.3 Å². The Labute approximate surface area is 112 Å². The molecular formula is C15H17NO3. The quantitative estimate of drug-likeness (QED) is 0.921. The number of aryl methyl sites for hydroxylation is 2. The van der Waals surface area contributed by atoms with Gasteiger partial charge in [-0.25, -0.2) is 4.79 Å². The Bertz CT molecular complexity index is 641. The molecule has 0 aliphatic heterocycles. The Morgan fingerprint density at radius 1 is 1.21 bits per heavy atom. The van der Waals surface area contributed by atoms with Gasteiger partial charge in [-0.05, 0) is 49.2 Å². The van der Waals surface area contributed by atoms with Gasteiger partial charge in [-0.15, -0.1) is 0 Å². The fourth-order valence-electron chi connectivity index (χ4n) is 2.28. The number of carbonyl (C=O) groups is 1. The van der Waals surface area contributed by atoms with Gasteiger partial charge in [-0.2, -0.15) is 0 Å². The molecular weight excluding hydrogens is 242 g/mol. The monoisotopic (exact) mass is 259 g/mol. The molecule has 2 rings (SSSR count). The number of rotatable bonds is 3. The smallest absolute Gasteiger partial charge is 0.352 e. The van der Waals surface area contributed by atoms with Crippen molar-refractivity contribution in [3.63, 3.8) is 0 Å². The maximum atomic E-state index is 11.1. The third-order valence-corrected chi connectivity index (χ3v) is 3.36. The topological polar surface area (TPSA) is 51.5 Å². The fourth-order valence-corrected chi connectivity index (χ4v) is 2.28. The van der Waals surface area contributed by atoms with E-state index in [1.54, 1.807) is 24.8 Å². The Morgan fingerprint density at radius 2 is 1.89 bits per heavy atom. The fraction of sp³-hybridized carbons (Fsp3) is 0.267. The second kappa shape index (κ2) is 4.80. The molecule has 1 heterocycles. The number of ether oxygens (including phenoxy) is 1. The molecule has 0 fully saturated rings. The van der Waals surface area contributed by atoms with Crippen LogP contribution in [0, 0.1) is 13.8 Å². The molecule has 0 radical (unpaired) electrons. The summed E-state index contributed by atoms with van der Waals surface area (Å²) in [6.45, 7) is 3.97. The van der Waals surface area contributed by atoms with E-state index in [1.165, 1.54) is 0 Å². The summed E-state index contributed by atoms with van der Waals surface area (Å²) >= 11 is 0. The van der Waals surface area contributed by atoms with E-state index in [4.69, 9.17) is 9.84 Å². The Morgan fingerprint density at radius 3 is 2.42 bits per heavy atom. The van der Waals surface area contributed by atoms with E-state index >= 15 is 0 Å². The lowest BCUT2D eigenvalue weighted by molar-refractivity contribution is 0.0687. The highest BCUT2D eigenvalue weighted by atomic mass is 16.5. The predicted octanol–water partition coefficient (Wildman–Crippen LogP) is 3.02. The van der Waals surface area contributed by atoms with Crippen molar-refractivity contribution in [3.8, 4) is 17.0 Å². The molecule has 0 unspecified atom stereocenters. The van der Waals surface area contributed by atoms with Crippen LogP contribution in [0.5, 0.6) is 5.75 Å². The molecule has 4 nitrogen and oxygen atoms in total. The number of carboxylic acid groups (broad SMARTS) is 1. The molecule has 4 heteroatoms. The van der Waals surface area contributed by atoms with Crippen molar-refractivity contribution >= 4 is 5.97 Å². The summed E-state index contributed by atoms with van der Waals surface area (Å²) in [4.78, 5) is 11.1. The molecule has 0 saturated carbocycles. The Hall–Kier alpha value is -2.23. The third kappa shape index (κ3) is 2.21. The summed E-state index contributed by atoms with van der Waals surface area (Å²) in [6.07, 6.45) is 0. The van der Waals surface area contributed by atoms with Gasteiger partial charge in [-0.3, -0.25) is 0 Å². The average molecular weight is 259 g/mol. The van der Waals surface area contributed by atoms with Crippen molar-refractivity contribution in [3.05, 3.63) is 41.1 Å². The van der Waals surface area contributed by atoms with Gasteiger partial charge < -0.3 is 14.4 Å². The summed E-state index contributed by atoms with van der Waals surface area (Å²) < 4.78 is 6.98. The van der Waals surface area contributed by atoms with Crippen LogP contribution in [0.15, 0.2) is 24.3 Å². The van der Waals surface area contributed by atoms with E-state index in [-0.39, 0.29) is 5.69 Å². The minimum Gasteiger partial charge on any atom is -0.496 e. The first-order valence-corrected chi connectivity index (χ1v) is 6.00. The van der Waals surface area contributed by atoms with Gasteiger partial charge in [0.15, 0.2) is 0 Å². The summed E-state index contributed by atoms with van der Waals surface area (Å²) in [7, 11) is 3.41. The highest BCUT2D eigenvalue weighted by Gasteiger charge is 2.14. The zero-order valence-electron chi connectivity index (χ0n) is 11.5. The van der Waals surface area contributed by atoms with E-state index in [2.05, 4.69) is 0 Å². The van der Waals surface area contributed by atoms with Crippen LogP contribution in [0.2, 0.25) is 0 Å². The second-order valence-electron chi connectivity index (χ2n) is 4.60. The van der Waals surface area contributed by atoms with Crippen LogP contribution in [-0.2, 0) is 7.05 Å². The van der Waals surface area contributed by atoms with Crippen LogP contribution in [0.1, 0.15) is 21.6 Å². The molecule has 0 atom stereocenters. The molecule has 0 amide bonds. The van der Waals surface area contributed by atoms with Crippen LogP contribution >= 0.6 is 0 Å². The summed E-state index contributed by atoms with van der Waals surface area (Å²) in [5.41, 5.74) is 4.28. The second-order valence-corrected chi connectivity index (χ2v) is 4.60. The van der Waals surface area contributed by atoms with Crippen molar-refractivity contribution in [1.82, 2.24) is 4.57 Å². The highest BCUT2D eigenvalue weighted by molar-refractivity contribution is 5.87. The van der Waals surface area contributed by atoms with Crippen molar-refractivity contribution in [1.29, 1.82) is 0 Å². The molecule has 19 heavy (non-hydrogen) atoms. The molecule has 0 aliphatic rings. The zero-order chi connectivity index (χ0) is 14.2. The Kier molecular flexibility index (Phi) is 3.34. The lowest BCUT2D eigenvalue weighted by Crippen LogP contribution is -2.05. The van der Waals surface area contributed by atoms with Crippen LogP contribution < -0.4 is 4.74 Å². The number of benzene rings is 1. The van der Waals surface area contributed by atoms with Gasteiger partial charge >= 0.3 is 5.97 Å². The number of hydrogen-bond acceptors (Lipinski definition) is 2. The van der Waals surface area contributed by atoms with E-state index in [0.717, 1.165) is 28.1 Å². The number of aromatic carboxylic acids is 1. The lowest BCUT2D eigenvalue weighted by atomic mass is 10.0. The number of methoxy groups -OCH3 is 1. The SMILES string of the molecule is COc1cc(C)c(-c2ccc(C(=O)O)n2C)cc1C. The van der Waals surface area contributed by atoms with Crippen LogP contribution in [0.4, 0.5) is 0 Å². The minimum absolute atomic E-state index is 0.280. The molecule has 0 aliphatic carbocycles. The van der Waals surface area contributed by atoms with Crippen molar-refractivity contribution in [2.24, 2.45) is 7.05 Å². The predicted molar refractivity (Wildman–Crippen MR) is 73.8 cm³/mol. The number of carboxylic acids is 1. The van der Waals surface area contributed by atoms with Crippen molar-refractivity contribution < 1.29 is 14.6 Å². The van der Waals surface area contributed by atoms with Gasteiger partial charge in [0.05, 0.1) is 7.11 Å². The lowest BCUT2D eigenvalue weighted by Gasteiger charge is -2.12. The highest BCUT2D eigenvalue weighted by Crippen LogP contribution is 2.30. The minimum atomic E-state index is -0.920. The van der Waals surface area contributed by atoms with Gasteiger partial charge in [0.1, 0.15) is 11.4 Å². The van der Waals surface area contributed by atoms with Crippen LogP contribution in [-0.4, -0.2) is 22.8 Å². The molecule has 1 N–H and O–H groups in total. The first-order chi connectivity index (χ1) is 8.95. The van der Waals surface area contributed by atoms with Gasteiger partial charge in [0.2, 0.25) is 0 Å². The molecule has 0 spiro atoms. The van der Waals surface area contributed by atoms with E-state index in [0.29, 0.717) is 0 Å². The number of hydrogen-bond donors (Lipinski definition) is 1. The summed E-state index contributed by atoms with van der Waals surface area (Å²) in [5, 5.41) is 9.09. The van der Waals surface area contributed by atoms with Crippen molar-refractivity contribution in [2.45, 2.75) is 13.8 Å². The van der Waals surface area contributed by atoms with E-state index in [1.807, 2.05) is 32.0 Å². The molecule has 0 bridgehead atoms. The van der Waals surface area contributed by atoms with E-state index < -0.39 is 5.97 Å². The third-order valence-electron chi connectivity index (χ3n) is 3.36. The van der Waals surface area contributed by atoms with Crippen LogP contribution in [0.25, 0.3) is 11.3 Å². The Balaban J connectivity index is 2.60. The molecule has 2 aromatic rings. The summed E-state index contributed by atoms with van der Waals surface area (Å²) in [5.74, 6) is -0.0782. The maximum absolute atomic E-state index is 11.1. The largest absolute Gasteiger partial charge is 0.496 e. The van der Waals surface area contributed by atoms with Gasteiger partial charge in [-0.1, -0.05) is 0 Å². The molecule has 0 saturated heterocycles. The maximum Gasteiger partial charge on any atom is 0.352 e. The van der Waals surface area contributed by atoms with E-state index in [9.17, 15) is 4.79 Å².